The smallest absolute Gasteiger partial charge is 0.410 e. The van der Waals surface area contributed by atoms with Gasteiger partial charge in [0.2, 0.25) is 0 Å². The third-order valence-electron chi connectivity index (χ3n) is 4.07. The summed E-state index contributed by atoms with van der Waals surface area (Å²) in [6.45, 7) is 8.58. The number of nitrogens with one attached hydrogen (secondary N) is 1. The molecular weight excluding hydrogens is 322 g/mol. The number of fused-ring (bicyclic) bond motifs is 1. The Morgan fingerprint density at radius 1 is 1.32 bits per heavy atom. The number of hydrogen-bond donors (Lipinski definition) is 2. The number of likely N-dealkylation sites (tertiary alicyclic amines) is 1. The number of carbonyl (C=O) groups is 1. The van der Waals surface area contributed by atoms with Crippen LogP contribution in [0.25, 0.3) is 11.0 Å². The highest BCUT2D eigenvalue weighted by molar-refractivity contribution is 5.79. The number of imidazole rings is 1. The van der Waals surface area contributed by atoms with E-state index in [9.17, 15) is 9.90 Å². The van der Waals surface area contributed by atoms with Crippen LogP contribution in [0.15, 0.2) is 12.1 Å². The molecule has 7 nitrogen and oxygen atoms in total. The van der Waals surface area contributed by atoms with Gasteiger partial charge in [0.1, 0.15) is 17.5 Å². The minimum absolute atomic E-state index is 0.0536. The van der Waals surface area contributed by atoms with E-state index in [-0.39, 0.29) is 17.9 Å². The molecule has 7 heteroatoms. The van der Waals surface area contributed by atoms with Crippen LogP contribution in [-0.2, 0) is 4.74 Å². The third-order valence-corrected chi connectivity index (χ3v) is 4.07. The topological polar surface area (TPSA) is 87.7 Å². The van der Waals surface area contributed by atoms with E-state index in [0.29, 0.717) is 31.7 Å². The molecule has 1 amide bonds. The summed E-state index contributed by atoms with van der Waals surface area (Å²) in [7, 11) is 0. The highest BCUT2D eigenvalue weighted by atomic mass is 16.6. The Labute approximate surface area is 146 Å². The quantitative estimate of drug-likeness (QED) is 0.870. The Kier molecular flexibility index (Phi) is 4.49. The molecule has 2 N–H and O–H groups in total. The second-order valence-corrected chi connectivity index (χ2v) is 7.44. The molecule has 0 saturated carbocycles. The van der Waals surface area contributed by atoms with Gasteiger partial charge in [-0.3, -0.25) is 0 Å². The van der Waals surface area contributed by atoms with Gasteiger partial charge in [0, 0.05) is 38.1 Å². The summed E-state index contributed by atoms with van der Waals surface area (Å²) in [4.78, 5) is 21.2. The lowest BCUT2D eigenvalue weighted by molar-refractivity contribution is 0.0124. The summed E-state index contributed by atoms with van der Waals surface area (Å²) >= 11 is 0. The van der Waals surface area contributed by atoms with Crippen molar-refractivity contribution in [2.75, 3.05) is 13.1 Å². The van der Waals surface area contributed by atoms with Crippen molar-refractivity contribution in [1.29, 1.82) is 0 Å². The average molecular weight is 347 g/mol. The molecule has 25 heavy (non-hydrogen) atoms. The number of piperidine rings is 1. The zero-order valence-corrected chi connectivity index (χ0v) is 15.1. The van der Waals surface area contributed by atoms with E-state index in [4.69, 9.17) is 9.47 Å². The number of aromatic hydroxyl groups is 1. The first-order chi connectivity index (χ1) is 11.7. The second-order valence-electron chi connectivity index (χ2n) is 7.44. The van der Waals surface area contributed by atoms with E-state index in [1.807, 2.05) is 27.7 Å². The van der Waals surface area contributed by atoms with Crippen LogP contribution in [0.2, 0.25) is 0 Å². The van der Waals surface area contributed by atoms with Crippen molar-refractivity contribution in [1.82, 2.24) is 14.9 Å². The van der Waals surface area contributed by atoms with Crippen LogP contribution in [0.3, 0.4) is 0 Å². The first-order valence-electron chi connectivity index (χ1n) is 8.55. The van der Waals surface area contributed by atoms with Gasteiger partial charge < -0.3 is 24.5 Å². The molecule has 1 saturated heterocycles. The lowest BCUT2D eigenvalue weighted by atomic mass is 10.1. The van der Waals surface area contributed by atoms with Gasteiger partial charge in [-0.1, -0.05) is 0 Å². The number of H-pyrrole nitrogens is 1. The summed E-state index contributed by atoms with van der Waals surface area (Å²) in [6, 6.07) is 3.37. The first kappa shape index (κ1) is 17.4. The number of aromatic amines is 1. The average Bonchev–Trinajstić information content (AvgIpc) is 2.85. The maximum Gasteiger partial charge on any atom is 0.410 e. The SMILES string of the molecule is Cc1nc2cc(OC3CCN(C(=O)OC(C)(C)C)CC3)c(O)cc2[nH]1. The van der Waals surface area contributed by atoms with E-state index in [1.165, 1.54) is 0 Å². The zero-order valence-electron chi connectivity index (χ0n) is 15.1. The fourth-order valence-corrected chi connectivity index (χ4v) is 2.91. The van der Waals surface area contributed by atoms with Crippen molar-refractivity contribution in [2.45, 2.75) is 52.2 Å². The first-order valence-corrected chi connectivity index (χ1v) is 8.55. The molecule has 0 aliphatic carbocycles. The van der Waals surface area contributed by atoms with Crippen LogP contribution in [0.1, 0.15) is 39.4 Å². The van der Waals surface area contributed by atoms with E-state index >= 15 is 0 Å². The number of ether oxygens (including phenoxy) is 2. The number of carbonyl (C=O) groups excluding carboxylic acids is 1. The molecule has 0 spiro atoms. The highest BCUT2D eigenvalue weighted by Gasteiger charge is 2.28. The van der Waals surface area contributed by atoms with Gasteiger partial charge in [0.25, 0.3) is 0 Å². The number of amides is 1. The monoisotopic (exact) mass is 347 g/mol. The molecule has 0 atom stereocenters. The predicted octanol–water partition coefficient (Wildman–Crippen LogP) is 3.36. The molecule has 2 aromatic rings. The molecule has 1 aliphatic heterocycles. The molecule has 3 rings (SSSR count). The summed E-state index contributed by atoms with van der Waals surface area (Å²) in [5.41, 5.74) is 1.05. The van der Waals surface area contributed by atoms with Crippen LogP contribution in [0.5, 0.6) is 11.5 Å². The number of phenols is 1. The summed E-state index contributed by atoms with van der Waals surface area (Å²) < 4.78 is 11.3. The van der Waals surface area contributed by atoms with Crippen LogP contribution in [0.4, 0.5) is 4.79 Å². The lowest BCUT2D eigenvalue weighted by Gasteiger charge is -2.33. The lowest BCUT2D eigenvalue weighted by Crippen LogP contribution is -2.44. The molecular formula is C18H25N3O4. The number of hydrogen-bond acceptors (Lipinski definition) is 5. The Bertz CT molecular complexity index is 770. The summed E-state index contributed by atoms with van der Waals surface area (Å²) in [5, 5.41) is 10.2. The van der Waals surface area contributed by atoms with Gasteiger partial charge in [-0.15, -0.1) is 0 Å². The fourth-order valence-electron chi connectivity index (χ4n) is 2.91. The molecule has 0 radical (unpaired) electrons. The van der Waals surface area contributed by atoms with Gasteiger partial charge >= 0.3 is 6.09 Å². The van der Waals surface area contributed by atoms with E-state index in [0.717, 1.165) is 16.9 Å². The standard InChI is InChI=1S/C18H25N3O4/c1-11-19-13-9-15(22)16(10-14(13)20-11)24-12-5-7-21(8-6-12)17(23)25-18(2,3)4/h9-10,12,22H,5-8H2,1-4H3,(H,19,20). The third kappa shape index (κ3) is 4.15. The van der Waals surface area contributed by atoms with Gasteiger partial charge in [0.15, 0.2) is 11.5 Å². The van der Waals surface area contributed by atoms with Crippen molar-refractivity contribution >= 4 is 17.1 Å². The van der Waals surface area contributed by atoms with Gasteiger partial charge in [0.05, 0.1) is 11.0 Å². The van der Waals surface area contributed by atoms with E-state index in [2.05, 4.69) is 9.97 Å². The summed E-state index contributed by atoms with van der Waals surface area (Å²) in [5.74, 6) is 1.30. The van der Waals surface area contributed by atoms with Crippen molar-refractivity contribution in [3.8, 4) is 11.5 Å². The number of aryl methyl sites for hydroxylation is 1. The summed E-state index contributed by atoms with van der Waals surface area (Å²) in [6.07, 6.45) is 1.04. The van der Waals surface area contributed by atoms with Crippen molar-refractivity contribution in [2.24, 2.45) is 0 Å². The minimum atomic E-state index is -0.493. The Hall–Kier alpha value is -2.44. The maximum absolute atomic E-state index is 12.1. The number of phenolic OH excluding ortho intramolecular Hbond substituents is 1. The van der Waals surface area contributed by atoms with Crippen molar-refractivity contribution in [3.05, 3.63) is 18.0 Å². The number of nitrogens with zero attached hydrogens (tertiary/aromatic N) is 2. The van der Waals surface area contributed by atoms with Gasteiger partial charge in [-0.05, 0) is 27.7 Å². The Morgan fingerprint density at radius 3 is 2.64 bits per heavy atom. The van der Waals surface area contributed by atoms with E-state index < -0.39 is 5.60 Å². The van der Waals surface area contributed by atoms with Crippen molar-refractivity contribution in [3.63, 3.8) is 0 Å². The molecule has 1 aromatic heterocycles. The molecule has 0 bridgehead atoms. The van der Waals surface area contributed by atoms with Gasteiger partial charge in [-0.25, -0.2) is 9.78 Å². The highest BCUT2D eigenvalue weighted by Crippen LogP contribution is 2.32. The maximum atomic E-state index is 12.1. The second kappa shape index (κ2) is 6.46. The number of benzene rings is 1. The molecule has 0 unspecified atom stereocenters. The number of rotatable bonds is 2. The van der Waals surface area contributed by atoms with Crippen LogP contribution in [0, 0.1) is 6.92 Å². The van der Waals surface area contributed by atoms with Crippen LogP contribution >= 0.6 is 0 Å². The van der Waals surface area contributed by atoms with Crippen LogP contribution in [-0.4, -0.2) is 50.9 Å². The zero-order chi connectivity index (χ0) is 18.2. The van der Waals surface area contributed by atoms with Crippen molar-refractivity contribution < 1.29 is 19.4 Å². The van der Waals surface area contributed by atoms with Gasteiger partial charge in [-0.2, -0.15) is 0 Å². The number of aromatic nitrogens is 2. The molecule has 1 fully saturated rings. The van der Waals surface area contributed by atoms with Crippen LogP contribution < -0.4 is 4.74 Å². The Balaban J connectivity index is 1.61. The minimum Gasteiger partial charge on any atom is -0.504 e. The van der Waals surface area contributed by atoms with E-state index in [1.54, 1.807) is 17.0 Å². The Morgan fingerprint density at radius 2 is 2.00 bits per heavy atom. The molecule has 136 valence electrons. The predicted molar refractivity (Wildman–Crippen MR) is 94.0 cm³/mol. The fraction of sp³-hybridized carbons (Fsp3) is 0.556. The molecule has 1 aliphatic rings. The molecule has 2 heterocycles. The normalized spacial score (nSPS) is 16.2. The molecule has 1 aromatic carbocycles. The largest absolute Gasteiger partial charge is 0.504 e.